The van der Waals surface area contributed by atoms with Gasteiger partial charge in [0.2, 0.25) is 0 Å². The number of hydrogen-bond donors (Lipinski definition) is 0. The summed E-state index contributed by atoms with van der Waals surface area (Å²) in [5.41, 5.74) is 5.91. The summed E-state index contributed by atoms with van der Waals surface area (Å²) in [6.07, 6.45) is 3.14. The molecule has 3 aliphatic heterocycles. The van der Waals surface area contributed by atoms with Crippen molar-refractivity contribution >= 4 is 46.0 Å². The maximum absolute atomic E-state index is 13.3. The van der Waals surface area contributed by atoms with Crippen LogP contribution in [0.25, 0.3) is 6.08 Å². The highest BCUT2D eigenvalue weighted by Gasteiger charge is 2.38. The van der Waals surface area contributed by atoms with Crippen LogP contribution in [0.2, 0.25) is 0 Å². The third-order valence-electron chi connectivity index (χ3n) is 7.77. The fraction of sp³-hybridized carbons (Fsp3) is 0.484. The molecule has 0 aliphatic carbocycles. The molecule has 0 spiro atoms. The van der Waals surface area contributed by atoms with Crippen molar-refractivity contribution < 1.29 is 9.53 Å². The van der Waals surface area contributed by atoms with Crippen LogP contribution in [0.1, 0.15) is 65.0 Å². The number of morpholine rings is 1. The second-order valence-corrected chi connectivity index (χ2v) is 12.4. The molecule has 0 radical (unpaired) electrons. The number of anilines is 2. The molecule has 5 rings (SSSR count). The number of ether oxygens (including phenoxy) is 1. The van der Waals surface area contributed by atoms with E-state index in [1.54, 1.807) is 4.90 Å². The van der Waals surface area contributed by atoms with Gasteiger partial charge in [-0.05, 0) is 112 Å². The number of likely N-dealkylation sites (N-methyl/N-ethyl adjacent to an activating group) is 1. The Kier molecular flexibility index (Phi) is 7.60. The van der Waals surface area contributed by atoms with E-state index in [2.05, 4.69) is 74.8 Å². The highest BCUT2D eigenvalue weighted by atomic mass is 32.2. The summed E-state index contributed by atoms with van der Waals surface area (Å²) in [5.74, 6) is 0.488. The average molecular weight is 533 g/mol. The lowest BCUT2D eigenvalue weighted by molar-refractivity contribution is -0.122. The fourth-order valence-corrected chi connectivity index (χ4v) is 7.29. The molecule has 0 aromatic heterocycles. The predicted molar refractivity (Wildman–Crippen MR) is 161 cm³/mol. The van der Waals surface area contributed by atoms with Gasteiger partial charge in [-0.3, -0.25) is 9.69 Å². The summed E-state index contributed by atoms with van der Waals surface area (Å²) in [5, 5.41) is 0.738. The van der Waals surface area contributed by atoms with Crippen molar-refractivity contribution in [3.05, 3.63) is 58.5 Å². The summed E-state index contributed by atoms with van der Waals surface area (Å²) >= 11 is 1.47. The van der Waals surface area contributed by atoms with Gasteiger partial charge in [0.1, 0.15) is 0 Å². The summed E-state index contributed by atoms with van der Waals surface area (Å²) in [7, 11) is 0. The zero-order valence-electron chi connectivity index (χ0n) is 23.5. The Morgan fingerprint density at radius 2 is 1.84 bits per heavy atom. The molecule has 38 heavy (non-hydrogen) atoms. The number of hydrogen-bond acceptors (Lipinski definition) is 6. The maximum atomic E-state index is 13.3. The third-order valence-corrected chi connectivity index (χ3v) is 8.78. The highest BCUT2D eigenvalue weighted by Crippen LogP contribution is 2.45. The minimum absolute atomic E-state index is 0.0249. The Morgan fingerprint density at radius 1 is 1.13 bits per heavy atom. The molecule has 2 aromatic carbocycles. The van der Waals surface area contributed by atoms with Gasteiger partial charge in [-0.25, -0.2) is 4.99 Å². The standard InChI is InChI=1S/C31H40N4O2S/c1-7-34-29(36)28(38-30(34)32-24-9-11-25(12-10-24)33-14-16-37-17-15-33)19-23-8-13-27-26(18-23)22(4)20-31(5,6)35(27)21(2)3/h8-13,18-19,21-22H,7,14-17,20H2,1-6H3/b28-19-,32-30?/t22-/m0/s1. The van der Waals surface area contributed by atoms with Gasteiger partial charge in [0.15, 0.2) is 5.17 Å². The lowest BCUT2D eigenvalue weighted by Gasteiger charge is -2.50. The first-order valence-corrected chi connectivity index (χ1v) is 14.7. The molecule has 2 fully saturated rings. The quantitative estimate of drug-likeness (QED) is 0.404. The summed E-state index contributed by atoms with van der Waals surface area (Å²) in [6.45, 7) is 17.5. The van der Waals surface area contributed by atoms with Gasteiger partial charge in [0.25, 0.3) is 5.91 Å². The van der Waals surface area contributed by atoms with Crippen molar-refractivity contribution in [2.75, 3.05) is 42.6 Å². The zero-order chi connectivity index (χ0) is 27.0. The molecule has 0 saturated carbocycles. The normalized spacial score (nSPS) is 23.6. The van der Waals surface area contributed by atoms with Gasteiger partial charge >= 0.3 is 0 Å². The number of amidine groups is 1. The third kappa shape index (κ3) is 5.23. The van der Waals surface area contributed by atoms with Gasteiger partial charge in [-0.15, -0.1) is 0 Å². The Balaban J connectivity index is 1.39. The van der Waals surface area contributed by atoms with Crippen LogP contribution in [-0.4, -0.2) is 60.4 Å². The number of aliphatic imine (C=N–C) groups is 1. The van der Waals surface area contributed by atoms with Crippen LogP contribution in [-0.2, 0) is 9.53 Å². The van der Waals surface area contributed by atoms with Gasteiger partial charge in [0, 0.05) is 42.6 Å². The Labute approximate surface area is 231 Å². The monoisotopic (exact) mass is 532 g/mol. The van der Waals surface area contributed by atoms with Crippen molar-refractivity contribution in [1.29, 1.82) is 0 Å². The molecule has 3 aliphatic rings. The van der Waals surface area contributed by atoms with Gasteiger partial charge in [0.05, 0.1) is 23.8 Å². The molecular weight excluding hydrogens is 492 g/mol. The van der Waals surface area contributed by atoms with Crippen LogP contribution in [0.15, 0.2) is 52.4 Å². The molecule has 1 atom stereocenters. The minimum atomic E-state index is 0.0249. The number of carbonyl (C=O) groups excluding carboxylic acids is 1. The molecule has 0 bridgehead atoms. The number of benzene rings is 2. The molecule has 0 unspecified atom stereocenters. The zero-order valence-corrected chi connectivity index (χ0v) is 24.3. The minimum Gasteiger partial charge on any atom is -0.378 e. The second-order valence-electron chi connectivity index (χ2n) is 11.4. The van der Waals surface area contributed by atoms with Crippen LogP contribution in [0.4, 0.5) is 17.1 Å². The average Bonchev–Trinajstić information content (AvgIpc) is 3.18. The number of rotatable bonds is 5. The molecule has 202 valence electrons. The van der Waals surface area contributed by atoms with Crippen molar-refractivity contribution in [3.63, 3.8) is 0 Å². The van der Waals surface area contributed by atoms with E-state index in [9.17, 15) is 4.79 Å². The fourth-order valence-electron chi connectivity index (χ4n) is 6.23. The molecule has 3 heterocycles. The predicted octanol–water partition coefficient (Wildman–Crippen LogP) is 6.65. The van der Waals surface area contributed by atoms with Crippen LogP contribution in [0, 0.1) is 0 Å². The van der Waals surface area contributed by atoms with E-state index < -0.39 is 0 Å². The topological polar surface area (TPSA) is 48.4 Å². The van der Waals surface area contributed by atoms with Crippen LogP contribution in [0.5, 0.6) is 0 Å². The Morgan fingerprint density at radius 3 is 2.50 bits per heavy atom. The summed E-state index contributed by atoms with van der Waals surface area (Å²) in [4.78, 5) is 25.5. The van der Waals surface area contributed by atoms with Crippen LogP contribution in [0.3, 0.4) is 0 Å². The second kappa shape index (κ2) is 10.8. The van der Waals surface area contributed by atoms with E-state index in [4.69, 9.17) is 9.73 Å². The molecule has 6 nitrogen and oxygen atoms in total. The van der Waals surface area contributed by atoms with Crippen LogP contribution < -0.4 is 9.80 Å². The van der Waals surface area contributed by atoms with Gasteiger partial charge in [-0.1, -0.05) is 13.0 Å². The van der Waals surface area contributed by atoms with E-state index in [1.807, 2.05) is 25.1 Å². The first kappa shape index (κ1) is 26.8. The van der Waals surface area contributed by atoms with Crippen molar-refractivity contribution in [2.24, 2.45) is 4.99 Å². The summed E-state index contributed by atoms with van der Waals surface area (Å²) < 4.78 is 5.46. The summed E-state index contributed by atoms with van der Waals surface area (Å²) in [6, 6.07) is 15.4. The number of fused-ring (bicyclic) bond motifs is 1. The molecule has 2 aromatic rings. The molecular formula is C31H40N4O2S. The Bertz CT molecular complexity index is 1250. The lowest BCUT2D eigenvalue weighted by Crippen LogP contribution is -2.51. The first-order chi connectivity index (χ1) is 18.2. The smallest absolute Gasteiger partial charge is 0.266 e. The van der Waals surface area contributed by atoms with Crippen molar-refractivity contribution in [1.82, 2.24) is 4.90 Å². The van der Waals surface area contributed by atoms with Crippen LogP contribution >= 0.6 is 11.8 Å². The van der Waals surface area contributed by atoms with E-state index in [-0.39, 0.29) is 11.4 Å². The molecule has 2 saturated heterocycles. The highest BCUT2D eigenvalue weighted by molar-refractivity contribution is 8.18. The molecule has 7 heteroatoms. The SMILES string of the molecule is CCN1C(=O)/C(=C/c2ccc3c(c2)[C@@H](C)CC(C)(C)N3C(C)C)SC1=Nc1ccc(N2CCOCC2)cc1. The van der Waals surface area contributed by atoms with Crippen molar-refractivity contribution in [2.45, 2.75) is 65.5 Å². The largest absolute Gasteiger partial charge is 0.378 e. The van der Waals surface area contributed by atoms with E-state index in [0.717, 1.165) is 54.0 Å². The van der Waals surface area contributed by atoms with E-state index in [0.29, 0.717) is 18.5 Å². The number of carbonyl (C=O) groups is 1. The number of nitrogens with zero attached hydrogens (tertiary/aromatic N) is 4. The maximum Gasteiger partial charge on any atom is 0.266 e. The first-order valence-electron chi connectivity index (χ1n) is 13.8. The van der Waals surface area contributed by atoms with Gasteiger partial charge in [-0.2, -0.15) is 0 Å². The van der Waals surface area contributed by atoms with Crippen molar-refractivity contribution in [3.8, 4) is 0 Å². The van der Waals surface area contributed by atoms with E-state index in [1.165, 1.54) is 28.7 Å². The number of amides is 1. The van der Waals surface area contributed by atoms with E-state index >= 15 is 0 Å². The number of thioether (sulfide) groups is 1. The van der Waals surface area contributed by atoms with Gasteiger partial charge < -0.3 is 14.5 Å². The molecule has 1 amide bonds. The lowest BCUT2D eigenvalue weighted by atomic mass is 9.79. The molecule has 0 N–H and O–H groups in total. The Hall–Kier alpha value is -2.77.